The highest BCUT2D eigenvalue weighted by Gasteiger charge is 2.60. The van der Waals surface area contributed by atoms with Gasteiger partial charge in [0, 0.05) is 10.3 Å². The lowest BCUT2D eigenvalue weighted by molar-refractivity contribution is -0.131. The van der Waals surface area contributed by atoms with Crippen LogP contribution in [0, 0.1) is 23.1 Å². The number of alkyl halides is 1. The molecule has 0 amide bonds. The third-order valence-corrected chi connectivity index (χ3v) is 6.66. The van der Waals surface area contributed by atoms with Crippen molar-refractivity contribution in [2.45, 2.75) is 43.4 Å². The quantitative estimate of drug-likeness (QED) is 0.436. The Morgan fingerprint density at radius 2 is 2.00 bits per heavy atom. The predicted octanol–water partition coefficient (Wildman–Crippen LogP) is 4.70. The Kier molecular flexibility index (Phi) is 3.22. The third-order valence-electron chi connectivity index (χ3n) is 6.22. The van der Waals surface area contributed by atoms with Crippen LogP contribution in [0.4, 0.5) is 4.39 Å². The van der Waals surface area contributed by atoms with Gasteiger partial charge < -0.3 is 4.74 Å². The fraction of sp³-hybridized carbons (Fsp3) is 0.500. The molecule has 5 heteroatoms. The largest absolute Gasteiger partial charge is 0.406 e. The van der Waals surface area contributed by atoms with Gasteiger partial charge in [-0.1, -0.05) is 12.1 Å². The SMILES string of the molecule is O=C1OC(C23C[C@@H]4C[C@@H](CC(Cl)(C4)C2)C3)=N/C1=C\c1cccc(F)c1. The Labute approximate surface area is 150 Å². The summed E-state index contributed by atoms with van der Waals surface area (Å²) in [6.07, 6.45) is 7.83. The zero-order valence-electron chi connectivity index (χ0n) is 13.8. The highest BCUT2D eigenvalue weighted by Crippen LogP contribution is 2.64. The van der Waals surface area contributed by atoms with Crippen molar-refractivity contribution in [3.63, 3.8) is 0 Å². The van der Waals surface area contributed by atoms with Gasteiger partial charge in [0.15, 0.2) is 5.70 Å². The molecule has 25 heavy (non-hydrogen) atoms. The maximum absolute atomic E-state index is 13.4. The minimum Gasteiger partial charge on any atom is -0.406 e. The molecule has 1 aromatic carbocycles. The van der Waals surface area contributed by atoms with E-state index in [1.165, 1.54) is 18.6 Å². The van der Waals surface area contributed by atoms with Gasteiger partial charge in [-0.25, -0.2) is 14.2 Å². The monoisotopic (exact) mass is 359 g/mol. The molecule has 130 valence electrons. The van der Waals surface area contributed by atoms with Gasteiger partial charge in [-0.3, -0.25) is 0 Å². The first-order chi connectivity index (χ1) is 11.9. The maximum atomic E-state index is 13.4. The molecule has 0 radical (unpaired) electrons. The van der Waals surface area contributed by atoms with E-state index < -0.39 is 5.97 Å². The molecular formula is C20H19ClFNO2. The second-order valence-electron chi connectivity index (χ2n) is 8.28. The molecule has 1 aliphatic heterocycles. The molecule has 3 nitrogen and oxygen atoms in total. The zero-order chi connectivity index (χ0) is 17.2. The summed E-state index contributed by atoms with van der Waals surface area (Å²) in [5, 5.41) is 0. The lowest BCUT2D eigenvalue weighted by Gasteiger charge is -2.59. The number of ether oxygens (including phenoxy) is 1. The standard InChI is InChI=1S/C20H19ClFNO2/c21-20-9-13-4-14(10-20)8-19(7-13,11-20)18-23-16(17(24)25-18)6-12-2-1-3-15(22)5-12/h1-3,5-6,13-14H,4,7-11H2/b16-6-/t13-,14+,19?,20?. The van der Waals surface area contributed by atoms with Crippen LogP contribution in [0.1, 0.15) is 44.1 Å². The number of halogens is 2. The molecule has 0 spiro atoms. The van der Waals surface area contributed by atoms with Crippen LogP contribution < -0.4 is 0 Å². The van der Waals surface area contributed by atoms with E-state index in [-0.39, 0.29) is 21.8 Å². The summed E-state index contributed by atoms with van der Waals surface area (Å²) in [4.78, 5) is 16.7. The lowest BCUT2D eigenvalue weighted by atomic mass is 9.49. The number of hydrogen-bond donors (Lipinski definition) is 0. The highest BCUT2D eigenvalue weighted by molar-refractivity contribution is 6.24. The average Bonchev–Trinajstić information content (AvgIpc) is 2.87. The van der Waals surface area contributed by atoms with Gasteiger partial charge in [-0.2, -0.15) is 0 Å². The first-order valence-corrected chi connectivity index (χ1v) is 9.29. The fourth-order valence-corrected chi connectivity index (χ4v) is 6.48. The first-order valence-electron chi connectivity index (χ1n) is 8.91. The first kappa shape index (κ1) is 15.6. The van der Waals surface area contributed by atoms with E-state index in [4.69, 9.17) is 16.3 Å². The van der Waals surface area contributed by atoms with Crippen molar-refractivity contribution in [2.24, 2.45) is 22.2 Å². The fourth-order valence-electron chi connectivity index (χ4n) is 5.79. The van der Waals surface area contributed by atoms with E-state index in [1.54, 1.807) is 18.2 Å². The number of hydrogen-bond acceptors (Lipinski definition) is 3. The third kappa shape index (κ3) is 2.53. The maximum Gasteiger partial charge on any atom is 0.363 e. The van der Waals surface area contributed by atoms with E-state index in [9.17, 15) is 9.18 Å². The summed E-state index contributed by atoms with van der Waals surface area (Å²) >= 11 is 6.87. The van der Waals surface area contributed by atoms with Crippen LogP contribution in [0.3, 0.4) is 0 Å². The minimum absolute atomic E-state index is 0.159. The summed E-state index contributed by atoms with van der Waals surface area (Å²) < 4.78 is 19.0. The number of carbonyl (C=O) groups is 1. The molecule has 0 saturated heterocycles. The second-order valence-corrected chi connectivity index (χ2v) is 9.09. The molecule has 4 saturated carbocycles. The Morgan fingerprint density at radius 3 is 2.68 bits per heavy atom. The van der Waals surface area contributed by atoms with Crippen LogP contribution in [0.5, 0.6) is 0 Å². The van der Waals surface area contributed by atoms with Crippen molar-refractivity contribution in [2.75, 3.05) is 0 Å². The Morgan fingerprint density at radius 1 is 1.24 bits per heavy atom. The summed E-state index contributed by atoms with van der Waals surface area (Å²) in [7, 11) is 0. The van der Waals surface area contributed by atoms with Crippen molar-refractivity contribution < 1.29 is 13.9 Å². The molecule has 1 heterocycles. The number of nitrogens with zero attached hydrogens (tertiary/aromatic N) is 1. The van der Waals surface area contributed by atoms with Crippen molar-refractivity contribution in [3.8, 4) is 0 Å². The van der Waals surface area contributed by atoms with Gasteiger partial charge >= 0.3 is 5.97 Å². The molecule has 4 atom stereocenters. The highest BCUT2D eigenvalue weighted by atomic mass is 35.5. The molecular weight excluding hydrogens is 341 g/mol. The predicted molar refractivity (Wildman–Crippen MR) is 93.6 cm³/mol. The smallest absolute Gasteiger partial charge is 0.363 e. The number of aliphatic imine (C=N–C) groups is 1. The average molecular weight is 360 g/mol. The summed E-state index contributed by atoms with van der Waals surface area (Å²) in [5.74, 6) is 0.973. The number of esters is 1. The molecule has 0 N–H and O–H groups in total. The molecule has 4 aliphatic carbocycles. The van der Waals surface area contributed by atoms with E-state index in [1.807, 2.05) is 0 Å². The number of cyclic esters (lactones) is 1. The normalized spacial score (nSPS) is 40.5. The number of benzene rings is 1. The van der Waals surface area contributed by atoms with Gasteiger partial charge in [-0.05, 0) is 74.1 Å². The summed E-state index contributed by atoms with van der Waals surface area (Å²) in [5.41, 5.74) is 0.662. The van der Waals surface area contributed by atoms with Crippen molar-refractivity contribution in [1.29, 1.82) is 0 Å². The Bertz CT molecular complexity index is 817. The van der Waals surface area contributed by atoms with Crippen LogP contribution in [0.15, 0.2) is 35.0 Å². The van der Waals surface area contributed by atoms with E-state index in [2.05, 4.69) is 4.99 Å². The summed E-state index contributed by atoms with van der Waals surface area (Å²) in [6.45, 7) is 0. The molecule has 2 unspecified atom stereocenters. The van der Waals surface area contributed by atoms with Crippen molar-refractivity contribution >= 4 is 29.5 Å². The topological polar surface area (TPSA) is 38.7 Å². The van der Waals surface area contributed by atoms with Crippen molar-refractivity contribution in [1.82, 2.24) is 0 Å². The molecule has 4 bridgehead atoms. The Hall–Kier alpha value is -1.68. The van der Waals surface area contributed by atoms with Gasteiger partial charge in [0.1, 0.15) is 5.82 Å². The molecule has 5 aliphatic rings. The number of carbonyl (C=O) groups excluding carboxylic acids is 1. The van der Waals surface area contributed by atoms with E-state index >= 15 is 0 Å². The molecule has 6 rings (SSSR count). The van der Waals surface area contributed by atoms with E-state index in [0.717, 1.165) is 32.1 Å². The second kappa shape index (κ2) is 5.16. The molecule has 0 aromatic heterocycles. The zero-order valence-corrected chi connectivity index (χ0v) is 14.6. The van der Waals surface area contributed by atoms with Crippen LogP contribution in [-0.2, 0) is 9.53 Å². The molecule has 4 fully saturated rings. The van der Waals surface area contributed by atoms with Gasteiger partial charge in [0.25, 0.3) is 0 Å². The van der Waals surface area contributed by atoms with Crippen LogP contribution in [0.25, 0.3) is 6.08 Å². The van der Waals surface area contributed by atoms with Crippen LogP contribution in [0.2, 0.25) is 0 Å². The molecule has 1 aromatic rings. The number of rotatable bonds is 2. The van der Waals surface area contributed by atoms with Gasteiger partial charge in [-0.15, -0.1) is 11.6 Å². The lowest BCUT2D eigenvalue weighted by Crippen LogP contribution is -2.56. The van der Waals surface area contributed by atoms with Gasteiger partial charge in [0.05, 0.1) is 0 Å². The van der Waals surface area contributed by atoms with E-state index in [0.29, 0.717) is 23.3 Å². The van der Waals surface area contributed by atoms with Crippen LogP contribution in [-0.4, -0.2) is 16.7 Å². The van der Waals surface area contributed by atoms with Gasteiger partial charge in [0.2, 0.25) is 5.90 Å². The summed E-state index contributed by atoms with van der Waals surface area (Å²) in [6, 6.07) is 6.11. The Balaban J connectivity index is 1.50. The van der Waals surface area contributed by atoms with Crippen molar-refractivity contribution in [3.05, 3.63) is 41.3 Å². The minimum atomic E-state index is -0.446. The van der Waals surface area contributed by atoms with Crippen LogP contribution >= 0.6 is 11.6 Å².